The fourth-order valence-electron chi connectivity index (χ4n) is 2.23. The highest BCUT2D eigenvalue weighted by Crippen LogP contribution is 2.27. The minimum absolute atomic E-state index is 0.0757. The van der Waals surface area contributed by atoms with E-state index in [2.05, 4.69) is 15.0 Å². The number of carbonyl (C=O) groups is 2. The lowest BCUT2D eigenvalue weighted by atomic mass is 10.1. The van der Waals surface area contributed by atoms with Crippen LogP contribution in [0.15, 0.2) is 48.9 Å². The number of ether oxygens (including phenoxy) is 1. The molecular formula is C18H15N3O3S. The van der Waals surface area contributed by atoms with Gasteiger partial charge >= 0.3 is 5.97 Å². The molecular weight excluding hydrogens is 338 g/mol. The maximum absolute atomic E-state index is 12.1. The Morgan fingerprint density at radius 3 is 2.68 bits per heavy atom. The van der Waals surface area contributed by atoms with Crippen molar-refractivity contribution in [3.05, 3.63) is 64.5 Å². The maximum atomic E-state index is 12.1. The third kappa shape index (κ3) is 4.33. The Balaban J connectivity index is 1.59. The van der Waals surface area contributed by atoms with Crippen LogP contribution in [0.3, 0.4) is 0 Å². The van der Waals surface area contributed by atoms with Crippen molar-refractivity contribution >= 4 is 23.1 Å². The van der Waals surface area contributed by atoms with E-state index in [9.17, 15) is 9.59 Å². The number of carbonyl (C=O) groups excluding carboxylic acids is 2. The van der Waals surface area contributed by atoms with Gasteiger partial charge in [0.2, 0.25) is 0 Å². The van der Waals surface area contributed by atoms with E-state index in [-0.39, 0.29) is 24.5 Å². The number of benzene rings is 1. The van der Waals surface area contributed by atoms with Gasteiger partial charge in [0.05, 0.1) is 18.3 Å². The third-order valence-corrected chi connectivity index (χ3v) is 4.34. The third-order valence-electron chi connectivity index (χ3n) is 3.37. The summed E-state index contributed by atoms with van der Waals surface area (Å²) in [7, 11) is 0. The quantitative estimate of drug-likeness (QED) is 0.634. The van der Waals surface area contributed by atoms with Gasteiger partial charge in [-0.15, -0.1) is 11.3 Å². The van der Waals surface area contributed by atoms with Crippen molar-refractivity contribution in [2.24, 2.45) is 0 Å². The summed E-state index contributed by atoms with van der Waals surface area (Å²) < 4.78 is 4.97. The Morgan fingerprint density at radius 2 is 1.96 bits per heavy atom. The number of hydrogen-bond donors (Lipinski definition) is 0. The molecule has 0 aliphatic carbocycles. The Kier molecular flexibility index (Phi) is 5.25. The van der Waals surface area contributed by atoms with E-state index in [1.807, 2.05) is 37.3 Å². The number of nitrogens with zero attached hydrogens (tertiary/aromatic N) is 3. The van der Waals surface area contributed by atoms with Crippen molar-refractivity contribution in [1.29, 1.82) is 0 Å². The van der Waals surface area contributed by atoms with Crippen LogP contribution in [-0.4, -0.2) is 33.3 Å². The molecule has 0 fully saturated rings. The van der Waals surface area contributed by atoms with E-state index in [0.717, 1.165) is 16.1 Å². The molecule has 3 rings (SSSR count). The number of aryl methyl sites for hydroxylation is 1. The summed E-state index contributed by atoms with van der Waals surface area (Å²) >= 11 is 1.47. The highest BCUT2D eigenvalue weighted by molar-refractivity contribution is 7.12. The fraction of sp³-hybridized carbons (Fsp3) is 0.167. The second-order valence-corrected chi connectivity index (χ2v) is 6.55. The molecule has 0 unspecified atom stereocenters. The minimum atomic E-state index is -0.665. The first kappa shape index (κ1) is 16.9. The van der Waals surface area contributed by atoms with Gasteiger partial charge in [-0.2, -0.15) is 0 Å². The van der Waals surface area contributed by atoms with Crippen LogP contribution >= 0.6 is 11.3 Å². The maximum Gasteiger partial charge on any atom is 0.358 e. The summed E-state index contributed by atoms with van der Waals surface area (Å²) in [5.74, 6) is -0.882. The smallest absolute Gasteiger partial charge is 0.358 e. The zero-order valence-corrected chi connectivity index (χ0v) is 14.3. The van der Waals surface area contributed by atoms with Crippen molar-refractivity contribution < 1.29 is 14.3 Å². The molecule has 0 spiro atoms. The van der Waals surface area contributed by atoms with Crippen LogP contribution < -0.4 is 0 Å². The lowest BCUT2D eigenvalue weighted by Crippen LogP contribution is -2.16. The normalized spacial score (nSPS) is 10.4. The van der Waals surface area contributed by atoms with Gasteiger partial charge in [0.25, 0.3) is 0 Å². The van der Waals surface area contributed by atoms with Gasteiger partial charge in [-0.25, -0.2) is 14.8 Å². The van der Waals surface area contributed by atoms with Gasteiger partial charge in [-0.1, -0.05) is 30.3 Å². The molecule has 0 bridgehead atoms. The van der Waals surface area contributed by atoms with Gasteiger partial charge in [0, 0.05) is 22.8 Å². The summed E-state index contributed by atoms with van der Waals surface area (Å²) in [6, 6.07) is 9.81. The van der Waals surface area contributed by atoms with Crippen molar-refractivity contribution in [2.45, 2.75) is 13.3 Å². The first-order valence-corrected chi connectivity index (χ1v) is 8.41. The van der Waals surface area contributed by atoms with Crippen LogP contribution in [0.25, 0.3) is 11.3 Å². The molecule has 1 aromatic carbocycles. The predicted molar refractivity (Wildman–Crippen MR) is 93.3 cm³/mol. The summed E-state index contributed by atoms with van der Waals surface area (Å²) in [6.07, 6.45) is 4.27. The lowest BCUT2D eigenvalue weighted by Gasteiger charge is -2.02. The van der Waals surface area contributed by atoms with Crippen LogP contribution in [0.4, 0.5) is 0 Å². The van der Waals surface area contributed by atoms with E-state index in [4.69, 9.17) is 4.74 Å². The monoisotopic (exact) mass is 353 g/mol. The zero-order chi connectivity index (χ0) is 17.6. The topological polar surface area (TPSA) is 82.0 Å². The summed E-state index contributed by atoms with van der Waals surface area (Å²) in [4.78, 5) is 37.0. The minimum Gasteiger partial charge on any atom is -0.453 e. The fourth-order valence-corrected chi connectivity index (χ4v) is 3.22. The van der Waals surface area contributed by atoms with E-state index in [0.29, 0.717) is 5.01 Å². The zero-order valence-electron chi connectivity index (χ0n) is 13.5. The molecule has 6 nitrogen and oxygen atoms in total. The lowest BCUT2D eigenvalue weighted by molar-refractivity contribution is -0.121. The van der Waals surface area contributed by atoms with Gasteiger partial charge in [0.1, 0.15) is 5.01 Å². The standard InChI is InChI=1S/C18H15N3O3S/c1-12-17(13-5-3-2-4-6-13)21-16(25-12)9-14(22)11-24-18(23)15-10-19-7-8-20-15/h2-8,10H,9,11H2,1H3. The molecule has 0 aliphatic rings. The predicted octanol–water partition coefficient (Wildman–Crippen LogP) is 2.88. The molecule has 2 aromatic heterocycles. The van der Waals surface area contributed by atoms with Crippen LogP contribution in [0.2, 0.25) is 0 Å². The molecule has 3 aromatic rings. The molecule has 0 amide bonds. The van der Waals surface area contributed by atoms with E-state index in [1.165, 1.54) is 29.9 Å². The molecule has 0 aliphatic heterocycles. The molecule has 0 saturated carbocycles. The molecule has 7 heteroatoms. The van der Waals surface area contributed by atoms with E-state index < -0.39 is 5.97 Å². The first-order chi connectivity index (χ1) is 12.1. The second kappa shape index (κ2) is 7.76. The Bertz CT molecular complexity index is 879. The average molecular weight is 353 g/mol. The van der Waals surface area contributed by atoms with E-state index in [1.54, 1.807) is 0 Å². The van der Waals surface area contributed by atoms with Crippen molar-refractivity contribution in [3.63, 3.8) is 0 Å². The SMILES string of the molecule is Cc1sc(CC(=O)COC(=O)c2cnccn2)nc1-c1ccccc1. The van der Waals surface area contributed by atoms with Crippen molar-refractivity contribution in [1.82, 2.24) is 15.0 Å². The Hall–Kier alpha value is -2.93. The molecule has 2 heterocycles. The van der Waals surface area contributed by atoms with Crippen molar-refractivity contribution in [3.8, 4) is 11.3 Å². The van der Waals surface area contributed by atoms with Crippen LogP contribution in [0.1, 0.15) is 20.4 Å². The molecule has 0 radical (unpaired) electrons. The average Bonchev–Trinajstić information content (AvgIpc) is 3.01. The Labute approximate surface area is 148 Å². The number of hydrogen-bond acceptors (Lipinski definition) is 7. The largest absolute Gasteiger partial charge is 0.453 e. The Morgan fingerprint density at radius 1 is 1.16 bits per heavy atom. The molecule has 25 heavy (non-hydrogen) atoms. The summed E-state index contributed by atoms with van der Waals surface area (Å²) in [5, 5.41) is 0.705. The number of ketones is 1. The van der Waals surface area contributed by atoms with Crippen LogP contribution in [0, 0.1) is 6.92 Å². The molecule has 0 N–H and O–H groups in total. The van der Waals surface area contributed by atoms with Crippen LogP contribution in [0.5, 0.6) is 0 Å². The number of thiazole rings is 1. The molecule has 126 valence electrons. The van der Waals surface area contributed by atoms with Gasteiger partial charge in [0.15, 0.2) is 18.1 Å². The van der Waals surface area contributed by atoms with Crippen molar-refractivity contribution in [2.75, 3.05) is 6.61 Å². The van der Waals surface area contributed by atoms with Gasteiger partial charge in [-0.05, 0) is 6.92 Å². The van der Waals surface area contributed by atoms with Gasteiger partial charge < -0.3 is 4.74 Å². The number of aromatic nitrogens is 3. The van der Waals surface area contributed by atoms with E-state index >= 15 is 0 Å². The van der Waals surface area contributed by atoms with Gasteiger partial charge in [-0.3, -0.25) is 9.78 Å². The number of Topliss-reactive ketones (excluding diaryl/α,β-unsaturated/α-hetero) is 1. The first-order valence-electron chi connectivity index (χ1n) is 7.60. The second-order valence-electron chi connectivity index (χ2n) is 5.26. The molecule has 0 saturated heterocycles. The highest BCUT2D eigenvalue weighted by Gasteiger charge is 2.15. The summed E-state index contributed by atoms with van der Waals surface area (Å²) in [6.45, 7) is 1.66. The number of rotatable bonds is 6. The number of esters is 1. The van der Waals surface area contributed by atoms with Crippen LogP contribution in [-0.2, 0) is 16.0 Å². The molecule has 0 atom stereocenters. The highest BCUT2D eigenvalue weighted by atomic mass is 32.1. The summed E-state index contributed by atoms with van der Waals surface area (Å²) in [5.41, 5.74) is 1.97.